The lowest BCUT2D eigenvalue weighted by atomic mass is 9.83. The number of carbonyl (C=O) groups is 1. The van der Waals surface area contributed by atoms with Crippen molar-refractivity contribution in [2.45, 2.75) is 58.1 Å². The van der Waals surface area contributed by atoms with Crippen LogP contribution < -0.4 is 5.32 Å². The minimum Gasteiger partial charge on any atom is -0.392 e. The van der Waals surface area contributed by atoms with Gasteiger partial charge in [0.15, 0.2) is 0 Å². The van der Waals surface area contributed by atoms with E-state index in [-0.39, 0.29) is 12.1 Å². The Morgan fingerprint density at radius 2 is 2.09 bits per heavy atom. The van der Waals surface area contributed by atoms with Crippen LogP contribution in [0.1, 0.15) is 50.7 Å². The first-order valence-electron chi connectivity index (χ1n) is 8.29. The maximum Gasteiger partial charge on any atom is 0.317 e. The number of nitrogens with zero attached hydrogens (tertiary/aromatic N) is 1. The highest BCUT2D eigenvalue weighted by molar-refractivity contribution is 5.74. The van der Waals surface area contributed by atoms with Crippen LogP contribution in [-0.4, -0.2) is 41.3 Å². The number of nitrogens with one attached hydrogen (secondary N) is 1. The van der Waals surface area contributed by atoms with E-state index >= 15 is 0 Å². The van der Waals surface area contributed by atoms with Crippen LogP contribution >= 0.6 is 0 Å². The molecule has 2 atom stereocenters. The second-order valence-corrected chi connectivity index (χ2v) is 6.57. The van der Waals surface area contributed by atoms with Crippen LogP contribution in [0.2, 0.25) is 0 Å². The van der Waals surface area contributed by atoms with E-state index in [0.29, 0.717) is 19.0 Å². The molecular weight excluding hydrogens is 276 g/mol. The number of amides is 2. The summed E-state index contributed by atoms with van der Waals surface area (Å²) in [4.78, 5) is 14.1. The first-order valence-corrected chi connectivity index (χ1v) is 8.29. The smallest absolute Gasteiger partial charge is 0.317 e. The Morgan fingerprint density at radius 1 is 1.36 bits per heavy atom. The van der Waals surface area contributed by atoms with Crippen molar-refractivity contribution in [2.24, 2.45) is 0 Å². The summed E-state index contributed by atoms with van der Waals surface area (Å²) in [5.74, 6) is 0.398. The predicted molar refractivity (Wildman–Crippen MR) is 89.0 cm³/mol. The van der Waals surface area contributed by atoms with E-state index < -0.39 is 6.10 Å². The van der Waals surface area contributed by atoms with E-state index in [1.807, 2.05) is 13.8 Å². The molecule has 0 aromatic heterocycles. The molecule has 122 valence electrons. The molecule has 0 saturated heterocycles. The van der Waals surface area contributed by atoms with Gasteiger partial charge in [-0.3, -0.25) is 0 Å². The van der Waals surface area contributed by atoms with Gasteiger partial charge in [-0.25, -0.2) is 4.79 Å². The maximum absolute atomic E-state index is 12.4. The maximum atomic E-state index is 12.4. The Labute approximate surface area is 133 Å². The molecule has 4 heteroatoms. The van der Waals surface area contributed by atoms with E-state index in [4.69, 9.17) is 0 Å². The van der Waals surface area contributed by atoms with E-state index in [1.54, 1.807) is 11.8 Å². The molecule has 0 radical (unpaired) electrons. The van der Waals surface area contributed by atoms with Crippen LogP contribution in [0.4, 0.5) is 4.79 Å². The molecule has 1 aliphatic rings. The number of benzene rings is 1. The van der Waals surface area contributed by atoms with Crippen molar-refractivity contribution in [3.05, 3.63) is 35.4 Å². The van der Waals surface area contributed by atoms with Crippen LogP contribution in [0.15, 0.2) is 24.3 Å². The van der Waals surface area contributed by atoms with Gasteiger partial charge in [0.2, 0.25) is 0 Å². The largest absolute Gasteiger partial charge is 0.392 e. The third-order valence-corrected chi connectivity index (χ3v) is 4.34. The first kappa shape index (κ1) is 16.8. The van der Waals surface area contributed by atoms with Crippen molar-refractivity contribution < 1.29 is 9.90 Å². The number of hydrogen-bond donors (Lipinski definition) is 2. The average Bonchev–Trinajstić information content (AvgIpc) is 2.49. The Kier molecular flexibility index (Phi) is 5.83. The van der Waals surface area contributed by atoms with Crippen molar-refractivity contribution >= 4 is 6.03 Å². The summed E-state index contributed by atoms with van der Waals surface area (Å²) in [6.07, 6.45) is 2.93. The number of aliphatic hydroxyl groups is 1. The van der Waals surface area contributed by atoms with Gasteiger partial charge >= 0.3 is 6.03 Å². The van der Waals surface area contributed by atoms with Crippen LogP contribution in [-0.2, 0) is 6.42 Å². The van der Waals surface area contributed by atoms with Crippen molar-refractivity contribution in [1.29, 1.82) is 0 Å². The monoisotopic (exact) mass is 304 g/mol. The van der Waals surface area contributed by atoms with Gasteiger partial charge in [-0.15, -0.1) is 0 Å². The van der Waals surface area contributed by atoms with Crippen LogP contribution in [0.25, 0.3) is 0 Å². The molecule has 0 heterocycles. The molecule has 2 unspecified atom stereocenters. The summed E-state index contributed by atoms with van der Waals surface area (Å²) in [6.45, 7) is 6.68. The van der Waals surface area contributed by atoms with Crippen LogP contribution in [0.3, 0.4) is 0 Å². The summed E-state index contributed by atoms with van der Waals surface area (Å²) in [5.41, 5.74) is 2.79. The SMILES string of the molecule is CC(O)CN(C(=O)NCC1CCCc2ccccc21)C(C)C. The molecular formula is C18H28N2O2. The summed E-state index contributed by atoms with van der Waals surface area (Å²) in [5, 5.41) is 12.6. The number of urea groups is 1. The molecule has 2 amide bonds. The summed E-state index contributed by atoms with van der Waals surface area (Å²) in [6, 6.07) is 8.53. The zero-order chi connectivity index (χ0) is 16.1. The lowest BCUT2D eigenvalue weighted by Gasteiger charge is -2.30. The van der Waals surface area contributed by atoms with E-state index in [9.17, 15) is 9.90 Å². The predicted octanol–water partition coefficient (Wildman–Crippen LogP) is 2.91. The minimum atomic E-state index is -0.511. The Bertz CT molecular complexity index is 500. The molecule has 0 fully saturated rings. The fourth-order valence-electron chi connectivity index (χ4n) is 3.19. The highest BCUT2D eigenvalue weighted by Crippen LogP contribution is 2.30. The Balaban J connectivity index is 1.96. The quantitative estimate of drug-likeness (QED) is 0.879. The van der Waals surface area contributed by atoms with Gasteiger partial charge < -0.3 is 15.3 Å². The van der Waals surface area contributed by atoms with E-state index in [1.165, 1.54) is 17.5 Å². The highest BCUT2D eigenvalue weighted by Gasteiger charge is 2.23. The standard InChI is InChI=1S/C18H28N2O2/c1-13(2)20(12-14(3)21)18(22)19-11-16-9-6-8-15-7-4-5-10-17(15)16/h4-5,7,10,13-14,16,21H,6,8-9,11-12H2,1-3H3,(H,19,22). The van der Waals surface area contributed by atoms with Gasteiger partial charge in [-0.05, 0) is 51.2 Å². The second-order valence-electron chi connectivity index (χ2n) is 6.57. The molecule has 2 N–H and O–H groups in total. The number of aliphatic hydroxyl groups excluding tert-OH is 1. The number of fused-ring (bicyclic) bond motifs is 1. The third kappa shape index (κ3) is 4.23. The number of rotatable bonds is 5. The normalized spacial score (nSPS) is 18.7. The number of aryl methyl sites for hydroxylation is 1. The molecule has 22 heavy (non-hydrogen) atoms. The molecule has 1 aliphatic carbocycles. The van der Waals surface area contributed by atoms with Gasteiger partial charge in [0.1, 0.15) is 0 Å². The zero-order valence-electron chi connectivity index (χ0n) is 13.9. The van der Waals surface area contributed by atoms with Gasteiger partial charge in [-0.1, -0.05) is 24.3 Å². The highest BCUT2D eigenvalue weighted by atomic mass is 16.3. The van der Waals surface area contributed by atoms with Crippen molar-refractivity contribution in [3.63, 3.8) is 0 Å². The summed E-state index contributed by atoms with van der Waals surface area (Å²) < 4.78 is 0. The van der Waals surface area contributed by atoms with Gasteiger partial charge in [0.25, 0.3) is 0 Å². The minimum absolute atomic E-state index is 0.0771. The number of carbonyl (C=O) groups excluding carboxylic acids is 1. The van der Waals surface area contributed by atoms with Crippen LogP contribution in [0, 0.1) is 0 Å². The fourth-order valence-corrected chi connectivity index (χ4v) is 3.19. The van der Waals surface area contributed by atoms with Gasteiger partial charge in [0, 0.05) is 25.0 Å². The lowest BCUT2D eigenvalue weighted by molar-refractivity contribution is 0.118. The zero-order valence-corrected chi connectivity index (χ0v) is 13.9. The Morgan fingerprint density at radius 3 is 2.77 bits per heavy atom. The molecule has 4 nitrogen and oxygen atoms in total. The molecule has 1 aromatic rings. The van der Waals surface area contributed by atoms with Crippen LogP contribution in [0.5, 0.6) is 0 Å². The topological polar surface area (TPSA) is 52.6 Å². The summed E-state index contributed by atoms with van der Waals surface area (Å²) in [7, 11) is 0. The average molecular weight is 304 g/mol. The van der Waals surface area contributed by atoms with Crippen molar-refractivity contribution in [1.82, 2.24) is 10.2 Å². The fraction of sp³-hybridized carbons (Fsp3) is 0.611. The molecule has 2 rings (SSSR count). The van der Waals surface area contributed by atoms with Gasteiger partial charge in [-0.2, -0.15) is 0 Å². The molecule has 0 spiro atoms. The third-order valence-electron chi connectivity index (χ3n) is 4.34. The van der Waals surface area contributed by atoms with E-state index in [2.05, 4.69) is 29.6 Å². The molecule has 0 bridgehead atoms. The van der Waals surface area contributed by atoms with Gasteiger partial charge in [0.05, 0.1) is 6.10 Å². The lowest BCUT2D eigenvalue weighted by Crippen LogP contribution is -2.47. The Hall–Kier alpha value is -1.55. The number of hydrogen-bond acceptors (Lipinski definition) is 2. The van der Waals surface area contributed by atoms with E-state index in [0.717, 1.165) is 12.8 Å². The van der Waals surface area contributed by atoms with Crippen molar-refractivity contribution in [3.8, 4) is 0 Å². The second kappa shape index (κ2) is 7.63. The molecule has 0 saturated carbocycles. The summed E-state index contributed by atoms with van der Waals surface area (Å²) >= 11 is 0. The first-order chi connectivity index (χ1) is 10.5. The van der Waals surface area contributed by atoms with Crippen molar-refractivity contribution in [2.75, 3.05) is 13.1 Å². The molecule has 0 aliphatic heterocycles. The molecule has 1 aromatic carbocycles.